The second-order valence-electron chi connectivity index (χ2n) is 9.90. The first-order valence-corrected chi connectivity index (χ1v) is 12.7. The molecule has 0 spiro atoms. The Balaban J connectivity index is 1.56. The highest BCUT2D eigenvalue weighted by Crippen LogP contribution is 2.31. The summed E-state index contributed by atoms with van der Waals surface area (Å²) < 4.78 is 9.75. The standard InChI is InChI=1S/C28H34N6O3/c1-17-12-18(2)31-28(36)24(17)15-30-27(35)23-14-22-13-21(26-29-6-7-32(26)5)16-34(22)25(19(23)3)20(4)33-8-10-37-11-9-33/h6-7,12-14,16,20H,8-11,15H2,1-5H3,(H,30,35)(H,31,36). The van der Waals surface area contributed by atoms with Crippen molar-refractivity contribution in [2.75, 3.05) is 26.3 Å². The summed E-state index contributed by atoms with van der Waals surface area (Å²) in [6.45, 7) is 11.2. The van der Waals surface area contributed by atoms with Crippen molar-refractivity contribution in [1.29, 1.82) is 0 Å². The molecule has 1 aliphatic rings. The van der Waals surface area contributed by atoms with Gasteiger partial charge in [0.25, 0.3) is 11.5 Å². The van der Waals surface area contributed by atoms with Gasteiger partial charge < -0.3 is 24.0 Å². The summed E-state index contributed by atoms with van der Waals surface area (Å²) in [7, 11) is 1.97. The zero-order valence-corrected chi connectivity index (χ0v) is 22.1. The molecule has 0 bridgehead atoms. The fraction of sp³-hybridized carbons (Fsp3) is 0.393. The lowest BCUT2D eigenvalue weighted by molar-refractivity contribution is 0.0187. The van der Waals surface area contributed by atoms with Crippen LogP contribution < -0.4 is 10.9 Å². The van der Waals surface area contributed by atoms with Gasteiger partial charge in [-0.25, -0.2) is 4.98 Å². The van der Waals surface area contributed by atoms with Crippen LogP contribution in [0.25, 0.3) is 16.9 Å². The molecule has 0 saturated carbocycles. The number of hydrogen-bond donors (Lipinski definition) is 2. The molecule has 194 valence electrons. The molecule has 37 heavy (non-hydrogen) atoms. The average Bonchev–Trinajstić information content (AvgIpc) is 3.48. The van der Waals surface area contributed by atoms with E-state index >= 15 is 0 Å². The smallest absolute Gasteiger partial charge is 0.253 e. The van der Waals surface area contributed by atoms with Crippen molar-refractivity contribution >= 4 is 11.4 Å². The van der Waals surface area contributed by atoms with Crippen LogP contribution in [0.2, 0.25) is 0 Å². The molecule has 5 rings (SSSR count). The first-order valence-electron chi connectivity index (χ1n) is 12.7. The summed E-state index contributed by atoms with van der Waals surface area (Å²) in [5, 5.41) is 2.99. The van der Waals surface area contributed by atoms with Gasteiger partial charge in [-0.05, 0) is 57.0 Å². The minimum absolute atomic E-state index is 0.0722. The summed E-state index contributed by atoms with van der Waals surface area (Å²) in [5.41, 5.74) is 6.56. The van der Waals surface area contributed by atoms with Crippen LogP contribution in [0.15, 0.2) is 41.6 Å². The summed E-state index contributed by atoms with van der Waals surface area (Å²) in [4.78, 5) is 35.7. The van der Waals surface area contributed by atoms with Gasteiger partial charge in [0.1, 0.15) is 5.82 Å². The molecule has 0 radical (unpaired) electrons. The maximum absolute atomic E-state index is 13.5. The lowest BCUT2D eigenvalue weighted by atomic mass is 10.0. The molecular formula is C28H34N6O3. The van der Waals surface area contributed by atoms with E-state index in [1.54, 1.807) is 6.20 Å². The zero-order valence-electron chi connectivity index (χ0n) is 22.1. The Kier molecular flexibility index (Phi) is 6.74. The molecule has 1 amide bonds. The Bertz CT molecular complexity index is 1520. The molecule has 9 nitrogen and oxygen atoms in total. The monoisotopic (exact) mass is 502 g/mol. The Labute approximate surface area is 216 Å². The zero-order chi connectivity index (χ0) is 26.3. The normalized spacial score (nSPS) is 15.3. The number of nitrogens with zero attached hydrogens (tertiary/aromatic N) is 4. The highest BCUT2D eigenvalue weighted by atomic mass is 16.5. The summed E-state index contributed by atoms with van der Waals surface area (Å²) in [6, 6.07) is 5.99. The predicted molar refractivity (Wildman–Crippen MR) is 143 cm³/mol. The lowest BCUT2D eigenvalue weighted by Gasteiger charge is -2.34. The van der Waals surface area contributed by atoms with Crippen LogP contribution >= 0.6 is 0 Å². The van der Waals surface area contributed by atoms with Crippen molar-refractivity contribution in [2.45, 2.75) is 40.3 Å². The van der Waals surface area contributed by atoms with Crippen molar-refractivity contribution in [2.24, 2.45) is 7.05 Å². The number of hydrogen-bond acceptors (Lipinski definition) is 5. The van der Waals surface area contributed by atoms with Crippen LogP contribution in [-0.4, -0.2) is 56.0 Å². The molecule has 1 saturated heterocycles. The first-order chi connectivity index (χ1) is 17.7. The minimum atomic E-state index is -0.199. The maximum atomic E-state index is 13.5. The molecule has 4 aromatic heterocycles. The van der Waals surface area contributed by atoms with E-state index in [0.717, 1.165) is 52.5 Å². The molecule has 9 heteroatoms. The van der Waals surface area contributed by atoms with Gasteiger partial charge in [-0.2, -0.15) is 0 Å². The van der Waals surface area contributed by atoms with Crippen LogP contribution in [0.3, 0.4) is 0 Å². The molecular weight excluding hydrogens is 468 g/mol. The Hall–Kier alpha value is -3.69. The Morgan fingerprint density at radius 3 is 2.62 bits per heavy atom. The van der Waals surface area contributed by atoms with Crippen LogP contribution in [0.4, 0.5) is 0 Å². The number of fused-ring (bicyclic) bond motifs is 1. The molecule has 1 unspecified atom stereocenters. The number of carbonyl (C=O) groups excluding carboxylic acids is 1. The highest BCUT2D eigenvalue weighted by molar-refractivity contribution is 5.97. The molecule has 1 aliphatic heterocycles. The number of pyridine rings is 2. The fourth-order valence-electron chi connectivity index (χ4n) is 5.39. The van der Waals surface area contributed by atoms with Gasteiger partial charge in [0.2, 0.25) is 0 Å². The Morgan fingerprint density at radius 2 is 1.95 bits per heavy atom. The average molecular weight is 503 g/mol. The van der Waals surface area contributed by atoms with Gasteiger partial charge in [0.05, 0.1) is 13.2 Å². The number of carbonyl (C=O) groups is 1. The second-order valence-corrected chi connectivity index (χ2v) is 9.90. The SMILES string of the molecule is Cc1cc(C)c(CNC(=O)c2cc3cc(-c4nccn4C)cn3c(C(C)N3CCOCC3)c2C)c(=O)[nH]1. The number of imidazole rings is 1. The van der Waals surface area contributed by atoms with Gasteiger partial charge in [-0.15, -0.1) is 0 Å². The molecule has 0 aromatic carbocycles. The quantitative estimate of drug-likeness (QED) is 0.422. The predicted octanol–water partition coefficient (Wildman–Crippen LogP) is 3.28. The van der Waals surface area contributed by atoms with E-state index in [1.807, 2.05) is 50.7 Å². The summed E-state index contributed by atoms with van der Waals surface area (Å²) >= 11 is 0. The van der Waals surface area contributed by atoms with Crippen LogP contribution in [0.1, 0.15) is 51.4 Å². The number of aromatic nitrogens is 4. The van der Waals surface area contributed by atoms with E-state index in [-0.39, 0.29) is 24.1 Å². The fourth-order valence-corrected chi connectivity index (χ4v) is 5.39. The second kappa shape index (κ2) is 9.99. The van der Waals surface area contributed by atoms with E-state index < -0.39 is 0 Å². The summed E-state index contributed by atoms with van der Waals surface area (Å²) in [6.07, 6.45) is 5.81. The van der Waals surface area contributed by atoms with Crippen LogP contribution in [-0.2, 0) is 18.3 Å². The number of aromatic amines is 1. The first kappa shape index (κ1) is 25.0. The summed E-state index contributed by atoms with van der Waals surface area (Å²) in [5.74, 6) is 0.668. The third-order valence-corrected chi connectivity index (χ3v) is 7.42. The van der Waals surface area contributed by atoms with Crippen LogP contribution in [0, 0.1) is 20.8 Å². The van der Waals surface area contributed by atoms with Gasteiger partial charge in [-0.3, -0.25) is 14.5 Å². The number of rotatable bonds is 6. The van der Waals surface area contributed by atoms with Gasteiger partial charge >= 0.3 is 0 Å². The van der Waals surface area contributed by atoms with Gasteiger partial charge in [0.15, 0.2) is 0 Å². The molecule has 0 aliphatic carbocycles. The molecule has 5 heterocycles. The largest absolute Gasteiger partial charge is 0.379 e. The molecule has 4 aromatic rings. The van der Waals surface area contributed by atoms with Crippen molar-refractivity contribution in [3.8, 4) is 11.4 Å². The maximum Gasteiger partial charge on any atom is 0.253 e. The highest BCUT2D eigenvalue weighted by Gasteiger charge is 2.26. The van der Waals surface area contributed by atoms with Crippen molar-refractivity contribution in [3.05, 3.63) is 80.8 Å². The number of ether oxygens (including phenoxy) is 1. The number of H-pyrrole nitrogens is 1. The van der Waals surface area contributed by atoms with Gasteiger partial charge in [0, 0.05) is 84.9 Å². The van der Waals surface area contributed by atoms with E-state index in [0.29, 0.717) is 24.3 Å². The van der Waals surface area contributed by atoms with Crippen LogP contribution in [0.5, 0.6) is 0 Å². The van der Waals surface area contributed by atoms with E-state index in [1.165, 1.54) is 0 Å². The number of nitrogens with one attached hydrogen (secondary N) is 2. The van der Waals surface area contributed by atoms with Crippen molar-refractivity contribution in [1.82, 2.24) is 29.2 Å². The minimum Gasteiger partial charge on any atom is -0.379 e. The topological polar surface area (TPSA) is 96.7 Å². The van der Waals surface area contributed by atoms with Crippen molar-refractivity contribution in [3.63, 3.8) is 0 Å². The molecule has 2 N–H and O–H groups in total. The number of aryl methyl sites for hydroxylation is 3. The third kappa shape index (κ3) is 4.72. The van der Waals surface area contributed by atoms with Gasteiger partial charge in [-0.1, -0.05) is 0 Å². The van der Waals surface area contributed by atoms with E-state index in [9.17, 15) is 9.59 Å². The van der Waals surface area contributed by atoms with Crippen molar-refractivity contribution < 1.29 is 9.53 Å². The molecule has 1 atom stereocenters. The lowest BCUT2D eigenvalue weighted by Crippen LogP contribution is -2.39. The molecule has 1 fully saturated rings. The van der Waals surface area contributed by atoms with E-state index in [4.69, 9.17) is 4.74 Å². The number of amides is 1. The van der Waals surface area contributed by atoms with E-state index in [2.05, 4.69) is 43.8 Å². The third-order valence-electron chi connectivity index (χ3n) is 7.42. The number of morpholine rings is 1. The Morgan fingerprint density at radius 1 is 1.19 bits per heavy atom.